The third kappa shape index (κ3) is 3.78. The number of amides is 2. The standard InChI is InChI=1S/C24H23N5O2S/c1-16-7-9-17(10-8-16)29-22(30)12-11-18(23(29)19-5-4-14-32-19)24(31)25-15-21-27-26-20-6-2-3-13-28(20)21/h2-10,13-14,18,23H,11-12,15H2,1H3,(H,25,31). The van der Waals surface area contributed by atoms with Gasteiger partial charge in [-0.3, -0.25) is 14.0 Å². The summed E-state index contributed by atoms with van der Waals surface area (Å²) in [6.45, 7) is 2.29. The summed E-state index contributed by atoms with van der Waals surface area (Å²) < 4.78 is 1.86. The molecule has 1 aliphatic heterocycles. The molecule has 0 radical (unpaired) electrons. The van der Waals surface area contributed by atoms with Gasteiger partial charge in [0, 0.05) is 23.2 Å². The van der Waals surface area contributed by atoms with Crippen molar-refractivity contribution in [2.75, 3.05) is 4.90 Å². The van der Waals surface area contributed by atoms with Crippen LogP contribution in [0, 0.1) is 12.8 Å². The molecule has 1 aliphatic rings. The monoisotopic (exact) mass is 445 g/mol. The molecule has 2 amide bonds. The van der Waals surface area contributed by atoms with Crippen LogP contribution in [-0.2, 0) is 16.1 Å². The van der Waals surface area contributed by atoms with E-state index in [1.165, 1.54) is 0 Å². The molecule has 0 saturated carbocycles. The molecule has 2 unspecified atom stereocenters. The van der Waals surface area contributed by atoms with Crippen LogP contribution in [0.5, 0.6) is 0 Å². The molecular formula is C24H23N5O2S. The highest BCUT2D eigenvalue weighted by Gasteiger charge is 2.41. The summed E-state index contributed by atoms with van der Waals surface area (Å²) in [7, 11) is 0. The van der Waals surface area contributed by atoms with Crippen LogP contribution in [0.3, 0.4) is 0 Å². The van der Waals surface area contributed by atoms with Gasteiger partial charge in [0.05, 0.1) is 18.5 Å². The second-order valence-corrected chi connectivity index (χ2v) is 8.95. The van der Waals surface area contributed by atoms with Crippen LogP contribution in [0.2, 0.25) is 0 Å². The average molecular weight is 446 g/mol. The van der Waals surface area contributed by atoms with E-state index in [0.717, 1.165) is 21.8 Å². The minimum absolute atomic E-state index is 0.0414. The first-order valence-corrected chi connectivity index (χ1v) is 11.5. The number of pyridine rings is 1. The van der Waals surface area contributed by atoms with Crippen LogP contribution in [0.1, 0.15) is 35.1 Å². The summed E-state index contributed by atoms with van der Waals surface area (Å²) >= 11 is 1.57. The number of hydrogen-bond donors (Lipinski definition) is 1. The number of benzene rings is 1. The van der Waals surface area contributed by atoms with E-state index in [4.69, 9.17) is 0 Å². The van der Waals surface area contributed by atoms with Gasteiger partial charge in [-0.1, -0.05) is 29.8 Å². The highest BCUT2D eigenvalue weighted by atomic mass is 32.1. The maximum Gasteiger partial charge on any atom is 0.227 e. The Morgan fingerprint density at radius 3 is 2.75 bits per heavy atom. The summed E-state index contributed by atoms with van der Waals surface area (Å²) in [6, 6.07) is 17.2. The van der Waals surface area contributed by atoms with Gasteiger partial charge in [0.2, 0.25) is 11.8 Å². The molecular weight excluding hydrogens is 422 g/mol. The van der Waals surface area contributed by atoms with Gasteiger partial charge in [-0.25, -0.2) is 0 Å². The Labute approximate surface area is 189 Å². The molecule has 5 rings (SSSR count). The number of nitrogens with zero attached hydrogens (tertiary/aromatic N) is 4. The first-order valence-electron chi connectivity index (χ1n) is 10.6. The van der Waals surface area contributed by atoms with Gasteiger partial charge in [-0.15, -0.1) is 21.5 Å². The molecule has 8 heteroatoms. The predicted molar refractivity (Wildman–Crippen MR) is 123 cm³/mol. The Morgan fingerprint density at radius 2 is 1.97 bits per heavy atom. The molecule has 0 aliphatic carbocycles. The van der Waals surface area contributed by atoms with Crippen LogP contribution in [-0.4, -0.2) is 26.4 Å². The molecule has 0 bridgehead atoms. The number of nitrogens with one attached hydrogen (secondary N) is 1. The molecule has 3 aromatic heterocycles. The lowest BCUT2D eigenvalue weighted by Crippen LogP contribution is -2.48. The number of aromatic nitrogens is 3. The molecule has 32 heavy (non-hydrogen) atoms. The van der Waals surface area contributed by atoms with Crippen molar-refractivity contribution in [2.24, 2.45) is 5.92 Å². The molecule has 4 aromatic rings. The number of anilines is 1. The van der Waals surface area contributed by atoms with Crippen molar-refractivity contribution in [1.82, 2.24) is 19.9 Å². The maximum absolute atomic E-state index is 13.4. The van der Waals surface area contributed by atoms with E-state index in [1.807, 2.05) is 77.5 Å². The quantitative estimate of drug-likeness (QED) is 0.505. The zero-order chi connectivity index (χ0) is 22.1. The molecule has 1 aromatic carbocycles. The minimum atomic E-state index is -0.355. The second-order valence-electron chi connectivity index (χ2n) is 7.97. The fourth-order valence-corrected chi connectivity index (χ4v) is 5.15. The lowest BCUT2D eigenvalue weighted by molar-refractivity contribution is -0.129. The van der Waals surface area contributed by atoms with Gasteiger partial charge in [0.25, 0.3) is 0 Å². The Kier molecular flexibility index (Phi) is 5.45. The third-order valence-corrected chi connectivity index (χ3v) is 6.83. The molecule has 0 spiro atoms. The van der Waals surface area contributed by atoms with Crippen molar-refractivity contribution in [1.29, 1.82) is 0 Å². The number of hydrogen-bond acceptors (Lipinski definition) is 5. The number of fused-ring (bicyclic) bond motifs is 1. The fourth-order valence-electron chi connectivity index (χ4n) is 4.27. The number of thiophene rings is 1. The fraction of sp³-hybridized carbons (Fsp3) is 0.250. The second kappa shape index (κ2) is 8.55. The molecule has 1 N–H and O–H groups in total. The summed E-state index contributed by atoms with van der Waals surface area (Å²) in [5, 5.41) is 13.4. The Hall–Kier alpha value is -3.52. The smallest absolute Gasteiger partial charge is 0.227 e. The minimum Gasteiger partial charge on any atom is -0.348 e. The normalized spacial score (nSPS) is 18.8. The van der Waals surface area contributed by atoms with E-state index in [1.54, 1.807) is 16.2 Å². The van der Waals surface area contributed by atoms with Crippen LogP contribution >= 0.6 is 11.3 Å². The molecule has 1 saturated heterocycles. The van der Waals surface area contributed by atoms with Gasteiger partial charge < -0.3 is 10.2 Å². The molecule has 4 heterocycles. The zero-order valence-corrected chi connectivity index (χ0v) is 18.5. The van der Waals surface area contributed by atoms with E-state index in [9.17, 15) is 9.59 Å². The van der Waals surface area contributed by atoms with Crippen molar-refractivity contribution in [3.8, 4) is 0 Å². The van der Waals surface area contributed by atoms with Crippen LogP contribution in [0.4, 0.5) is 5.69 Å². The molecule has 162 valence electrons. The first-order chi connectivity index (χ1) is 15.6. The Morgan fingerprint density at radius 1 is 1.12 bits per heavy atom. The lowest BCUT2D eigenvalue weighted by atomic mass is 9.86. The van der Waals surface area contributed by atoms with Crippen molar-refractivity contribution in [2.45, 2.75) is 32.4 Å². The van der Waals surface area contributed by atoms with E-state index in [0.29, 0.717) is 18.7 Å². The molecule has 2 atom stereocenters. The van der Waals surface area contributed by atoms with Gasteiger partial charge in [0.1, 0.15) is 0 Å². The Balaban J connectivity index is 1.43. The first kappa shape index (κ1) is 20.4. The number of aryl methyl sites for hydroxylation is 1. The predicted octanol–water partition coefficient (Wildman–Crippen LogP) is 3.90. The maximum atomic E-state index is 13.4. The highest BCUT2D eigenvalue weighted by Crippen LogP contribution is 2.41. The van der Waals surface area contributed by atoms with Gasteiger partial charge in [-0.05, 0) is 49.1 Å². The van der Waals surface area contributed by atoms with Crippen molar-refractivity contribution < 1.29 is 9.59 Å². The summed E-state index contributed by atoms with van der Waals surface area (Å²) in [5.41, 5.74) is 2.68. The van der Waals surface area contributed by atoms with Crippen LogP contribution < -0.4 is 10.2 Å². The van der Waals surface area contributed by atoms with E-state index in [2.05, 4.69) is 15.5 Å². The van der Waals surface area contributed by atoms with Crippen LogP contribution in [0.25, 0.3) is 5.65 Å². The SMILES string of the molecule is Cc1ccc(N2C(=O)CCC(C(=O)NCc3nnc4ccccn34)C2c2cccs2)cc1. The topological polar surface area (TPSA) is 79.6 Å². The van der Waals surface area contributed by atoms with Gasteiger partial charge in [-0.2, -0.15) is 0 Å². The average Bonchev–Trinajstić information content (AvgIpc) is 3.48. The van der Waals surface area contributed by atoms with Crippen molar-refractivity contribution in [3.05, 3.63) is 82.4 Å². The van der Waals surface area contributed by atoms with Gasteiger partial charge in [0.15, 0.2) is 11.5 Å². The van der Waals surface area contributed by atoms with Gasteiger partial charge >= 0.3 is 0 Å². The van der Waals surface area contributed by atoms with Crippen molar-refractivity contribution >= 4 is 34.5 Å². The molecule has 7 nitrogen and oxygen atoms in total. The zero-order valence-electron chi connectivity index (χ0n) is 17.6. The lowest BCUT2D eigenvalue weighted by Gasteiger charge is -2.40. The summed E-state index contributed by atoms with van der Waals surface area (Å²) in [5.74, 6) is 0.274. The number of piperidine rings is 1. The third-order valence-electron chi connectivity index (χ3n) is 5.89. The van der Waals surface area contributed by atoms with Crippen molar-refractivity contribution in [3.63, 3.8) is 0 Å². The van der Waals surface area contributed by atoms with Crippen LogP contribution in [0.15, 0.2) is 66.2 Å². The largest absolute Gasteiger partial charge is 0.348 e. The summed E-state index contributed by atoms with van der Waals surface area (Å²) in [6.07, 6.45) is 2.72. The molecule has 1 fully saturated rings. The highest BCUT2D eigenvalue weighted by molar-refractivity contribution is 7.10. The number of carbonyl (C=O) groups is 2. The number of carbonyl (C=O) groups excluding carboxylic acids is 2. The summed E-state index contributed by atoms with van der Waals surface area (Å²) in [4.78, 5) is 29.2. The van der Waals surface area contributed by atoms with E-state index >= 15 is 0 Å². The Bertz CT molecular complexity index is 1250. The van der Waals surface area contributed by atoms with E-state index < -0.39 is 0 Å². The number of rotatable bonds is 5. The van der Waals surface area contributed by atoms with E-state index in [-0.39, 0.29) is 30.3 Å².